The molecule has 140 valence electrons. The van der Waals surface area contributed by atoms with Gasteiger partial charge in [0.15, 0.2) is 6.61 Å². The van der Waals surface area contributed by atoms with Crippen LogP contribution in [0, 0.1) is 0 Å². The third-order valence-electron chi connectivity index (χ3n) is 3.68. The topological polar surface area (TPSA) is 98.7 Å². The SMILES string of the molecule is Cl.NCCN(CCc1ccccc1)C(=O)c1ccc(OCC(N)=O)cc1. The fraction of sp³-hybridized carbons (Fsp3) is 0.263. The lowest BCUT2D eigenvalue weighted by molar-refractivity contribution is -0.119. The average molecular weight is 378 g/mol. The number of ether oxygens (including phenoxy) is 1. The molecule has 0 spiro atoms. The second kappa shape index (κ2) is 11.1. The van der Waals surface area contributed by atoms with Crippen LogP contribution in [0.4, 0.5) is 0 Å². The van der Waals surface area contributed by atoms with Gasteiger partial charge in [-0.1, -0.05) is 30.3 Å². The van der Waals surface area contributed by atoms with Crippen LogP contribution in [0.25, 0.3) is 0 Å². The van der Waals surface area contributed by atoms with Gasteiger partial charge in [0.1, 0.15) is 5.75 Å². The molecule has 2 amide bonds. The van der Waals surface area contributed by atoms with Crippen molar-refractivity contribution in [1.29, 1.82) is 0 Å². The largest absolute Gasteiger partial charge is 0.484 e. The van der Waals surface area contributed by atoms with Crippen LogP contribution in [-0.4, -0.2) is 43.0 Å². The summed E-state index contributed by atoms with van der Waals surface area (Å²) >= 11 is 0. The summed E-state index contributed by atoms with van der Waals surface area (Å²) in [5.74, 6) is -0.136. The second-order valence-electron chi connectivity index (χ2n) is 5.60. The van der Waals surface area contributed by atoms with Gasteiger partial charge in [0.2, 0.25) is 0 Å². The van der Waals surface area contributed by atoms with E-state index >= 15 is 0 Å². The smallest absolute Gasteiger partial charge is 0.255 e. The molecule has 4 N–H and O–H groups in total. The van der Waals surface area contributed by atoms with E-state index in [0.717, 1.165) is 6.42 Å². The Kier molecular flexibility index (Phi) is 9.19. The molecule has 2 aromatic rings. The van der Waals surface area contributed by atoms with Gasteiger partial charge < -0.3 is 21.1 Å². The van der Waals surface area contributed by atoms with Crippen LogP contribution in [0.15, 0.2) is 54.6 Å². The highest BCUT2D eigenvalue weighted by atomic mass is 35.5. The van der Waals surface area contributed by atoms with Gasteiger partial charge >= 0.3 is 0 Å². The third kappa shape index (κ3) is 6.74. The van der Waals surface area contributed by atoms with Gasteiger partial charge in [0.05, 0.1) is 0 Å². The minimum atomic E-state index is -0.546. The maximum atomic E-state index is 12.7. The molecule has 0 heterocycles. The first-order valence-corrected chi connectivity index (χ1v) is 8.14. The molecule has 7 heteroatoms. The predicted molar refractivity (Wildman–Crippen MR) is 103 cm³/mol. The van der Waals surface area contributed by atoms with Crippen molar-refractivity contribution in [3.8, 4) is 5.75 Å². The van der Waals surface area contributed by atoms with Gasteiger partial charge in [-0.3, -0.25) is 9.59 Å². The summed E-state index contributed by atoms with van der Waals surface area (Å²) in [7, 11) is 0. The highest BCUT2D eigenvalue weighted by Crippen LogP contribution is 2.14. The molecule has 0 fully saturated rings. The quantitative estimate of drug-likeness (QED) is 0.693. The van der Waals surface area contributed by atoms with Crippen LogP contribution >= 0.6 is 12.4 Å². The third-order valence-corrected chi connectivity index (χ3v) is 3.68. The van der Waals surface area contributed by atoms with Gasteiger partial charge in [0, 0.05) is 25.2 Å². The van der Waals surface area contributed by atoms with Crippen LogP contribution in [0.3, 0.4) is 0 Å². The first-order valence-electron chi connectivity index (χ1n) is 8.14. The molecule has 2 aromatic carbocycles. The van der Waals surface area contributed by atoms with Crippen molar-refractivity contribution in [3.63, 3.8) is 0 Å². The summed E-state index contributed by atoms with van der Waals surface area (Å²) in [6, 6.07) is 16.6. The number of hydrogen-bond donors (Lipinski definition) is 2. The number of hydrogen-bond acceptors (Lipinski definition) is 4. The lowest BCUT2D eigenvalue weighted by Crippen LogP contribution is -2.36. The first kappa shape index (κ1) is 21.5. The standard InChI is InChI=1S/C19H23N3O3.ClH/c20-11-13-22(12-10-15-4-2-1-3-5-15)19(24)16-6-8-17(9-7-16)25-14-18(21)23;/h1-9H,10-14,20H2,(H2,21,23);1H. The number of carbonyl (C=O) groups is 2. The van der Waals surface area contributed by atoms with Crippen molar-refractivity contribution < 1.29 is 14.3 Å². The van der Waals surface area contributed by atoms with Crippen LogP contribution in [0.1, 0.15) is 15.9 Å². The maximum Gasteiger partial charge on any atom is 0.255 e. The number of nitrogens with two attached hydrogens (primary N) is 2. The van der Waals surface area contributed by atoms with E-state index in [9.17, 15) is 9.59 Å². The number of primary amides is 1. The summed E-state index contributed by atoms with van der Waals surface area (Å²) in [5, 5.41) is 0. The van der Waals surface area contributed by atoms with Gasteiger partial charge in [-0.2, -0.15) is 0 Å². The summed E-state index contributed by atoms with van der Waals surface area (Å²) in [6.45, 7) is 1.30. The molecule has 0 saturated heterocycles. The molecule has 0 aliphatic rings. The van der Waals surface area contributed by atoms with Crippen molar-refractivity contribution in [1.82, 2.24) is 4.90 Å². The summed E-state index contributed by atoms with van der Waals surface area (Å²) in [5.41, 5.74) is 12.4. The maximum absolute atomic E-state index is 12.7. The van der Waals surface area contributed by atoms with Crippen LogP contribution in [0.2, 0.25) is 0 Å². The monoisotopic (exact) mass is 377 g/mol. The fourth-order valence-electron chi connectivity index (χ4n) is 2.41. The zero-order valence-corrected chi connectivity index (χ0v) is 15.3. The Morgan fingerprint density at radius 2 is 1.62 bits per heavy atom. The normalized spacial score (nSPS) is 9.88. The van der Waals surface area contributed by atoms with Crippen molar-refractivity contribution in [2.45, 2.75) is 6.42 Å². The fourth-order valence-corrected chi connectivity index (χ4v) is 2.41. The zero-order valence-electron chi connectivity index (χ0n) is 14.5. The highest BCUT2D eigenvalue weighted by Gasteiger charge is 2.15. The summed E-state index contributed by atoms with van der Waals surface area (Å²) < 4.78 is 5.20. The molecular formula is C19H24ClN3O3. The average Bonchev–Trinajstić information content (AvgIpc) is 2.64. The highest BCUT2D eigenvalue weighted by molar-refractivity contribution is 5.94. The van der Waals surface area contributed by atoms with E-state index in [4.69, 9.17) is 16.2 Å². The second-order valence-corrected chi connectivity index (χ2v) is 5.60. The summed E-state index contributed by atoms with van der Waals surface area (Å²) in [4.78, 5) is 25.2. The Bertz CT molecular complexity index is 693. The Morgan fingerprint density at radius 1 is 0.962 bits per heavy atom. The minimum absolute atomic E-state index is 0. The molecular weight excluding hydrogens is 354 g/mol. The molecule has 0 aromatic heterocycles. The van der Waals surface area contributed by atoms with Crippen molar-refractivity contribution >= 4 is 24.2 Å². The van der Waals surface area contributed by atoms with Crippen LogP contribution in [0.5, 0.6) is 5.75 Å². The van der Waals surface area contributed by atoms with E-state index in [-0.39, 0.29) is 24.9 Å². The van der Waals surface area contributed by atoms with Crippen molar-refractivity contribution in [2.75, 3.05) is 26.2 Å². The molecule has 0 aliphatic heterocycles. The van der Waals surface area contributed by atoms with Crippen molar-refractivity contribution in [3.05, 3.63) is 65.7 Å². The van der Waals surface area contributed by atoms with Crippen LogP contribution < -0.4 is 16.2 Å². The Balaban J connectivity index is 0.00000338. The van der Waals surface area contributed by atoms with E-state index < -0.39 is 5.91 Å². The van der Waals surface area contributed by atoms with Gasteiger partial charge in [-0.25, -0.2) is 0 Å². The lowest BCUT2D eigenvalue weighted by atomic mass is 10.1. The number of carbonyl (C=O) groups excluding carboxylic acids is 2. The van der Waals surface area contributed by atoms with Gasteiger partial charge in [-0.05, 0) is 36.2 Å². The van der Waals surface area contributed by atoms with E-state index in [1.807, 2.05) is 30.3 Å². The molecule has 0 bridgehead atoms. The lowest BCUT2D eigenvalue weighted by Gasteiger charge is -2.22. The molecule has 0 radical (unpaired) electrons. The molecule has 26 heavy (non-hydrogen) atoms. The van der Waals surface area contributed by atoms with Crippen molar-refractivity contribution in [2.24, 2.45) is 11.5 Å². The molecule has 0 saturated carbocycles. The molecule has 0 aliphatic carbocycles. The van der Waals surface area contributed by atoms with Gasteiger partial charge in [-0.15, -0.1) is 12.4 Å². The minimum Gasteiger partial charge on any atom is -0.484 e. The Hall–Kier alpha value is -2.57. The molecule has 6 nitrogen and oxygen atoms in total. The van der Waals surface area contributed by atoms with E-state index in [0.29, 0.717) is 30.9 Å². The Labute approximate surface area is 159 Å². The van der Waals surface area contributed by atoms with E-state index in [1.165, 1.54) is 5.56 Å². The number of nitrogens with zero attached hydrogens (tertiary/aromatic N) is 1. The zero-order chi connectivity index (χ0) is 18.1. The molecule has 0 atom stereocenters. The summed E-state index contributed by atoms with van der Waals surface area (Å²) in [6.07, 6.45) is 0.770. The number of rotatable bonds is 9. The number of halogens is 1. The molecule has 0 unspecified atom stereocenters. The Morgan fingerprint density at radius 3 is 2.19 bits per heavy atom. The number of amides is 2. The molecule has 2 rings (SSSR count). The first-order chi connectivity index (χ1) is 12.1. The predicted octanol–water partition coefficient (Wildman–Crippen LogP) is 1.62. The van der Waals surface area contributed by atoms with Crippen LogP contribution in [-0.2, 0) is 11.2 Å². The number of benzene rings is 2. The van der Waals surface area contributed by atoms with E-state index in [1.54, 1.807) is 29.2 Å². The van der Waals surface area contributed by atoms with E-state index in [2.05, 4.69) is 0 Å². The van der Waals surface area contributed by atoms with Gasteiger partial charge in [0.25, 0.3) is 11.8 Å².